The van der Waals surface area contributed by atoms with Crippen molar-refractivity contribution in [1.29, 1.82) is 5.26 Å². The Labute approximate surface area is 115 Å². The monoisotopic (exact) mass is 283 g/mol. The fourth-order valence-corrected chi connectivity index (χ4v) is 2.53. The predicted octanol–water partition coefficient (Wildman–Crippen LogP) is 3.35. The van der Waals surface area contributed by atoms with Crippen LogP contribution in [0.25, 0.3) is 0 Å². The molecule has 1 heterocycles. The van der Waals surface area contributed by atoms with Crippen LogP contribution in [0.1, 0.15) is 24.3 Å². The first kappa shape index (κ1) is 13.4. The number of carbonyl (C=O) groups excluding carboxylic acids is 1. The Morgan fingerprint density at radius 3 is 2.83 bits per heavy atom. The Hall–Kier alpha value is -1.08. The molecule has 0 bridgehead atoms. The number of Topliss-reactive ketones (excluding diaryl/α,β-unsaturated/α-hetero) is 1. The van der Waals surface area contributed by atoms with E-state index in [1.807, 2.05) is 6.07 Å². The molecule has 2 unspecified atom stereocenters. The zero-order chi connectivity index (χ0) is 13.1. The van der Waals surface area contributed by atoms with E-state index in [1.54, 1.807) is 12.1 Å². The first-order chi connectivity index (χ1) is 8.63. The molecular weight excluding hydrogens is 273 g/mol. The number of hydrogen-bond donors (Lipinski definition) is 0. The topological polar surface area (TPSA) is 50.1 Å². The number of carbonyl (C=O) groups is 1. The maximum absolute atomic E-state index is 12.2. The van der Waals surface area contributed by atoms with Crippen LogP contribution in [0, 0.1) is 11.3 Å². The van der Waals surface area contributed by atoms with Crippen LogP contribution in [0.4, 0.5) is 0 Å². The Kier molecular flexibility index (Phi) is 4.23. The van der Waals surface area contributed by atoms with E-state index in [9.17, 15) is 10.1 Å². The van der Waals surface area contributed by atoms with Crippen molar-refractivity contribution in [2.45, 2.75) is 24.9 Å². The molecule has 0 aromatic heterocycles. The molecule has 18 heavy (non-hydrogen) atoms. The molecule has 0 saturated carbocycles. The lowest BCUT2D eigenvalue weighted by Crippen LogP contribution is -2.25. The van der Waals surface area contributed by atoms with Crippen LogP contribution < -0.4 is 0 Å². The van der Waals surface area contributed by atoms with Gasteiger partial charge in [0.2, 0.25) is 0 Å². The summed E-state index contributed by atoms with van der Waals surface area (Å²) in [6, 6.07) is 6.77. The molecule has 1 fully saturated rings. The van der Waals surface area contributed by atoms with Gasteiger partial charge in [0.1, 0.15) is 12.0 Å². The summed E-state index contributed by atoms with van der Waals surface area (Å²) in [5, 5.41) is 10.00. The number of ketones is 1. The van der Waals surface area contributed by atoms with Gasteiger partial charge < -0.3 is 4.74 Å². The van der Waals surface area contributed by atoms with Crippen LogP contribution in [0.2, 0.25) is 10.0 Å². The van der Waals surface area contributed by atoms with Gasteiger partial charge in [-0.15, -0.1) is 0 Å². The Balaban J connectivity index is 2.28. The summed E-state index contributed by atoms with van der Waals surface area (Å²) in [5.41, 5.74) is 0.490. The van der Waals surface area contributed by atoms with E-state index in [1.165, 1.54) is 6.07 Å². The standard InChI is InChI=1S/C13H11Cl2NO2/c14-8-3-4-9(11(15)6-8)10(7-16)13(17)12-2-1-5-18-12/h3-4,6,10,12H,1-2,5H2. The van der Waals surface area contributed by atoms with Gasteiger partial charge in [-0.2, -0.15) is 5.26 Å². The molecule has 1 aromatic carbocycles. The molecular formula is C13H11Cl2NO2. The van der Waals surface area contributed by atoms with E-state index in [-0.39, 0.29) is 5.78 Å². The molecule has 0 aliphatic carbocycles. The molecule has 5 heteroatoms. The summed E-state index contributed by atoms with van der Waals surface area (Å²) >= 11 is 11.8. The van der Waals surface area contributed by atoms with E-state index < -0.39 is 12.0 Å². The molecule has 94 valence electrons. The second kappa shape index (κ2) is 5.71. The summed E-state index contributed by atoms with van der Waals surface area (Å²) in [6.07, 6.45) is 1.03. The SMILES string of the molecule is N#CC(C(=O)C1CCCO1)c1ccc(Cl)cc1Cl. The van der Waals surface area contributed by atoms with Crippen molar-refractivity contribution in [3.05, 3.63) is 33.8 Å². The summed E-state index contributed by atoms with van der Waals surface area (Å²) in [4.78, 5) is 12.2. The number of nitriles is 1. The number of nitrogens with zero attached hydrogens (tertiary/aromatic N) is 1. The lowest BCUT2D eigenvalue weighted by atomic mass is 9.92. The lowest BCUT2D eigenvalue weighted by molar-refractivity contribution is -0.128. The third-order valence-electron chi connectivity index (χ3n) is 2.93. The normalized spacial score (nSPS) is 20.4. The van der Waals surface area contributed by atoms with Gasteiger partial charge in [-0.25, -0.2) is 0 Å². The minimum Gasteiger partial charge on any atom is -0.370 e. The van der Waals surface area contributed by atoms with Crippen molar-refractivity contribution in [3.8, 4) is 6.07 Å². The highest BCUT2D eigenvalue weighted by Crippen LogP contribution is 2.30. The highest BCUT2D eigenvalue weighted by molar-refractivity contribution is 6.35. The smallest absolute Gasteiger partial charge is 0.183 e. The maximum atomic E-state index is 12.2. The molecule has 1 aromatic rings. The fraction of sp³-hybridized carbons (Fsp3) is 0.385. The molecule has 1 saturated heterocycles. The van der Waals surface area contributed by atoms with Gasteiger partial charge in [0, 0.05) is 16.7 Å². The van der Waals surface area contributed by atoms with Gasteiger partial charge in [-0.1, -0.05) is 29.3 Å². The molecule has 0 amide bonds. The lowest BCUT2D eigenvalue weighted by Gasteiger charge is -2.14. The van der Waals surface area contributed by atoms with Gasteiger partial charge in [0.15, 0.2) is 5.78 Å². The quantitative estimate of drug-likeness (QED) is 0.855. The van der Waals surface area contributed by atoms with E-state index in [2.05, 4.69) is 0 Å². The van der Waals surface area contributed by atoms with Crippen LogP contribution >= 0.6 is 23.2 Å². The zero-order valence-corrected chi connectivity index (χ0v) is 11.0. The minimum absolute atomic E-state index is 0.223. The number of halogens is 2. The van der Waals surface area contributed by atoms with Gasteiger partial charge in [-0.05, 0) is 30.5 Å². The van der Waals surface area contributed by atoms with E-state index in [0.717, 1.165) is 6.42 Å². The Morgan fingerprint density at radius 2 is 2.28 bits per heavy atom. The number of benzene rings is 1. The van der Waals surface area contributed by atoms with Crippen molar-refractivity contribution >= 4 is 29.0 Å². The summed E-state index contributed by atoms with van der Waals surface area (Å²) in [5.74, 6) is -1.11. The highest BCUT2D eigenvalue weighted by atomic mass is 35.5. The third kappa shape index (κ3) is 2.67. The van der Waals surface area contributed by atoms with Crippen LogP contribution in [-0.4, -0.2) is 18.5 Å². The van der Waals surface area contributed by atoms with E-state index in [4.69, 9.17) is 27.9 Å². The van der Waals surface area contributed by atoms with Crippen LogP contribution in [0.5, 0.6) is 0 Å². The van der Waals surface area contributed by atoms with E-state index in [0.29, 0.717) is 28.6 Å². The number of ether oxygens (including phenoxy) is 1. The molecule has 2 rings (SSSR count). The first-order valence-electron chi connectivity index (χ1n) is 5.63. The summed E-state index contributed by atoms with van der Waals surface area (Å²) < 4.78 is 5.31. The van der Waals surface area contributed by atoms with Crippen molar-refractivity contribution in [1.82, 2.24) is 0 Å². The van der Waals surface area contributed by atoms with Gasteiger partial charge in [-0.3, -0.25) is 4.79 Å². The maximum Gasteiger partial charge on any atom is 0.183 e. The number of rotatable bonds is 3. The average molecular weight is 284 g/mol. The second-order valence-electron chi connectivity index (χ2n) is 4.13. The van der Waals surface area contributed by atoms with Gasteiger partial charge in [0.05, 0.1) is 6.07 Å². The molecule has 0 N–H and O–H groups in total. The highest BCUT2D eigenvalue weighted by Gasteiger charge is 2.32. The van der Waals surface area contributed by atoms with Gasteiger partial charge in [0.25, 0.3) is 0 Å². The fourth-order valence-electron chi connectivity index (χ4n) is 2.01. The van der Waals surface area contributed by atoms with Crippen LogP contribution in [0.15, 0.2) is 18.2 Å². The molecule has 2 atom stereocenters. The van der Waals surface area contributed by atoms with Gasteiger partial charge >= 0.3 is 0 Å². The Morgan fingerprint density at radius 1 is 1.50 bits per heavy atom. The molecule has 1 aliphatic heterocycles. The minimum atomic E-state index is -0.891. The molecule has 0 spiro atoms. The number of hydrogen-bond acceptors (Lipinski definition) is 3. The second-order valence-corrected chi connectivity index (χ2v) is 4.98. The van der Waals surface area contributed by atoms with Crippen LogP contribution in [-0.2, 0) is 9.53 Å². The Bertz CT molecular complexity index is 504. The van der Waals surface area contributed by atoms with Crippen LogP contribution in [0.3, 0.4) is 0 Å². The molecule has 3 nitrogen and oxygen atoms in total. The van der Waals surface area contributed by atoms with Crippen molar-refractivity contribution in [2.24, 2.45) is 0 Å². The third-order valence-corrected chi connectivity index (χ3v) is 3.50. The molecule has 0 radical (unpaired) electrons. The zero-order valence-electron chi connectivity index (χ0n) is 9.53. The largest absolute Gasteiger partial charge is 0.370 e. The summed E-state index contributed by atoms with van der Waals surface area (Å²) in [6.45, 7) is 0.572. The van der Waals surface area contributed by atoms with E-state index >= 15 is 0 Å². The predicted molar refractivity (Wildman–Crippen MR) is 68.8 cm³/mol. The van der Waals surface area contributed by atoms with Crippen molar-refractivity contribution in [2.75, 3.05) is 6.61 Å². The van der Waals surface area contributed by atoms with Crippen molar-refractivity contribution in [3.63, 3.8) is 0 Å². The van der Waals surface area contributed by atoms with Crippen molar-refractivity contribution < 1.29 is 9.53 Å². The average Bonchev–Trinajstić information content (AvgIpc) is 2.86. The first-order valence-corrected chi connectivity index (χ1v) is 6.39. The molecule has 1 aliphatic rings. The summed E-state index contributed by atoms with van der Waals surface area (Å²) in [7, 11) is 0.